The molecule has 0 unspecified atom stereocenters. The van der Waals surface area contributed by atoms with Crippen LogP contribution in [0.1, 0.15) is 17.5 Å². The summed E-state index contributed by atoms with van der Waals surface area (Å²) >= 11 is 0. The number of nitrogens with zero attached hydrogens (tertiary/aromatic N) is 2. The van der Waals surface area contributed by atoms with Crippen LogP contribution in [0.3, 0.4) is 0 Å². The molecule has 0 bridgehead atoms. The number of aromatic nitrogens is 1. The lowest BCUT2D eigenvalue weighted by Crippen LogP contribution is -2.12. The zero-order valence-electron chi connectivity index (χ0n) is 14.1. The average molecular weight is 342 g/mol. The van der Waals surface area contributed by atoms with Crippen molar-refractivity contribution in [3.05, 3.63) is 84.1 Å². The van der Waals surface area contributed by atoms with Crippen LogP contribution in [-0.2, 0) is 11.2 Å². The highest BCUT2D eigenvalue weighted by Crippen LogP contribution is 2.19. The molecule has 0 aliphatic carbocycles. The van der Waals surface area contributed by atoms with E-state index in [0.29, 0.717) is 35.6 Å². The van der Waals surface area contributed by atoms with E-state index in [2.05, 4.69) is 21.7 Å². The number of hydrogen-bond acceptors (Lipinski definition) is 4. The van der Waals surface area contributed by atoms with Gasteiger partial charge in [-0.1, -0.05) is 42.5 Å². The van der Waals surface area contributed by atoms with E-state index in [-0.39, 0.29) is 5.91 Å². The quantitative estimate of drug-likeness (QED) is 0.701. The third kappa shape index (κ3) is 4.68. The maximum absolute atomic E-state index is 12.1. The Kier molecular flexibility index (Phi) is 5.58. The Balaban J connectivity index is 1.56. The average Bonchev–Trinajstić information content (AvgIpc) is 2.69. The van der Waals surface area contributed by atoms with Gasteiger partial charge >= 0.3 is 0 Å². The maximum atomic E-state index is 12.1. The second-order valence-corrected chi connectivity index (χ2v) is 5.75. The molecule has 1 amide bonds. The molecule has 1 heterocycles. The Morgan fingerprint density at radius 3 is 2.50 bits per heavy atom. The number of rotatable bonds is 6. The molecule has 128 valence electrons. The number of pyridine rings is 1. The van der Waals surface area contributed by atoms with E-state index in [4.69, 9.17) is 5.26 Å². The lowest BCUT2D eigenvalue weighted by atomic mass is 10.1. The summed E-state index contributed by atoms with van der Waals surface area (Å²) in [5.74, 6) is 0.557. The number of aryl methyl sites for hydroxylation is 1. The maximum Gasteiger partial charge on any atom is 0.224 e. The molecule has 0 saturated carbocycles. The Morgan fingerprint density at radius 1 is 1.00 bits per heavy atom. The van der Waals surface area contributed by atoms with Gasteiger partial charge in [-0.05, 0) is 36.2 Å². The van der Waals surface area contributed by atoms with E-state index >= 15 is 0 Å². The van der Waals surface area contributed by atoms with E-state index < -0.39 is 0 Å². The van der Waals surface area contributed by atoms with Crippen LogP contribution in [0.15, 0.2) is 72.9 Å². The Hall–Kier alpha value is -3.65. The van der Waals surface area contributed by atoms with E-state index in [9.17, 15) is 4.79 Å². The van der Waals surface area contributed by atoms with Crippen LogP contribution in [0.5, 0.6) is 0 Å². The van der Waals surface area contributed by atoms with Crippen LogP contribution in [-0.4, -0.2) is 10.9 Å². The monoisotopic (exact) mass is 342 g/mol. The summed E-state index contributed by atoms with van der Waals surface area (Å²) in [6, 6.07) is 22.8. The summed E-state index contributed by atoms with van der Waals surface area (Å²) in [6.07, 6.45) is 2.71. The molecule has 26 heavy (non-hydrogen) atoms. The van der Waals surface area contributed by atoms with Crippen LogP contribution in [0, 0.1) is 11.3 Å². The summed E-state index contributed by atoms with van der Waals surface area (Å²) in [6.45, 7) is 0. The third-order valence-electron chi connectivity index (χ3n) is 3.84. The summed E-state index contributed by atoms with van der Waals surface area (Å²) in [5, 5.41) is 15.1. The Labute approximate surface area is 152 Å². The molecule has 0 fully saturated rings. The van der Waals surface area contributed by atoms with Crippen molar-refractivity contribution >= 4 is 23.1 Å². The number of nitriles is 1. The van der Waals surface area contributed by atoms with Gasteiger partial charge < -0.3 is 10.6 Å². The van der Waals surface area contributed by atoms with Crippen LogP contribution >= 0.6 is 0 Å². The van der Waals surface area contributed by atoms with Gasteiger partial charge in [-0.3, -0.25) is 4.79 Å². The van der Waals surface area contributed by atoms with Crippen LogP contribution in [0.4, 0.5) is 17.2 Å². The molecule has 0 atom stereocenters. The lowest BCUT2D eigenvalue weighted by Gasteiger charge is -2.09. The largest absolute Gasteiger partial charge is 0.339 e. The van der Waals surface area contributed by atoms with Crippen molar-refractivity contribution < 1.29 is 4.79 Å². The normalized spacial score (nSPS) is 9.96. The molecule has 5 nitrogen and oxygen atoms in total. The number of carbonyl (C=O) groups excluding carboxylic acids is 1. The second-order valence-electron chi connectivity index (χ2n) is 5.75. The topological polar surface area (TPSA) is 77.8 Å². The summed E-state index contributed by atoms with van der Waals surface area (Å²) < 4.78 is 0. The molecular formula is C21H18N4O. The minimum Gasteiger partial charge on any atom is -0.339 e. The van der Waals surface area contributed by atoms with Gasteiger partial charge in [-0.2, -0.15) is 5.26 Å². The minimum absolute atomic E-state index is 0.0498. The highest BCUT2D eigenvalue weighted by Gasteiger charge is 2.05. The van der Waals surface area contributed by atoms with Crippen molar-refractivity contribution in [3.63, 3.8) is 0 Å². The van der Waals surface area contributed by atoms with Crippen LogP contribution in [0.25, 0.3) is 0 Å². The first kappa shape index (κ1) is 17.2. The van der Waals surface area contributed by atoms with Crippen molar-refractivity contribution in [1.29, 1.82) is 5.26 Å². The van der Waals surface area contributed by atoms with Gasteiger partial charge in [-0.15, -0.1) is 0 Å². The van der Waals surface area contributed by atoms with Crippen LogP contribution in [0.2, 0.25) is 0 Å². The Morgan fingerprint density at radius 2 is 1.77 bits per heavy atom. The first-order chi connectivity index (χ1) is 12.7. The van der Waals surface area contributed by atoms with Gasteiger partial charge in [0.15, 0.2) is 0 Å². The van der Waals surface area contributed by atoms with Gasteiger partial charge in [-0.25, -0.2) is 4.98 Å². The van der Waals surface area contributed by atoms with Gasteiger partial charge in [0.05, 0.1) is 23.1 Å². The molecule has 1 aromatic heterocycles. The molecule has 3 aromatic rings. The summed E-state index contributed by atoms with van der Waals surface area (Å²) in [7, 11) is 0. The number of nitrogens with one attached hydrogen (secondary N) is 2. The molecule has 0 radical (unpaired) electrons. The van der Waals surface area contributed by atoms with E-state index in [0.717, 1.165) is 5.56 Å². The predicted octanol–water partition coefficient (Wildman–Crippen LogP) is 4.27. The SMILES string of the molecule is N#Cc1ccccc1Nc1ccc(NC(=O)CCc2ccccc2)cn1. The molecule has 3 rings (SSSR count). The number of benzene rings is 2. The third-order valence-corrected chi connectivity index (χ3v) is 3.84. The van der Waals surface area contributed by atoms with E-state index in [1.165, 1.54) is 0 Å². The molecule has 2 aromatic carbocycles. The lowest BCUT2D eigenvalue weighted by molar-refractivity contribution is -0.116. The zero-order valence-corrected chi connectivity index (χ0v) is 14.1. The number of carbonyl (C=O) groups is 1. The van der Waals surface area contributed by atoms with Crippen molar-refractivity contribution in [2.75, 3.05) is 10.6 Å². The summed E-state index contributed by atoms with van der Waals surface area (Å²) in [5.41, 5.74) is 3.02. The van der Waals surface area contributed by atoms with E-state index in [1.807, 2.05) is 48.5 Å². The van der Waals surface area contributed by atoms with Gasteiger partial charge in [0.2, 0.25) is 5.91 Å². The summed E-state index contributed by atoms with van der Waals surface area (Å²) in [4.78, 5) is 16.3. The number of hydrogen-bond donors (Lipinski definition) is 2. The molecule has 0 aliphatic heterocycles. The first-order valence-corrected chi connectivity index (χ1v) is 8.30. The van der Waals surface area contributed by atoms with Crippen molar-refractivity contribution in [3.8, 4) is 6.07 Å². The number of anilines is 3. The molecule has 2 N–H and O–H groups in total. The Bertz CT molecular complexity index is 915. The molecule has 5 heteroatoms. The molecule has 0 saturated heterocycles. The van der Waals surface area contributed by atoms with Crippen molar-refractivity contribution in [2.45, 2.75) is 12.8 Å². The standard InChI is InChI=1S/C21H18N4O/c22-14-17-8-4-5-9-19(17)25-20-12-11-18(15-23-20)24-21(26)13-10-16-6-2-1-3-7-16/h1-9,11-12,15H,10,13H2,(H,23,25)(H,24,26). The number of para-hydroxylation sites is 1. The smallest absolute Gasteiger partial charge is 0.224 e. The van der Waals surface area contributed by atoms with Crippen molar-refractivity contribution in [1.82, 2.24) is 4.98 Å². The van der Waals surface area contributed by atoms with E-state index in [1.54, 1.807) is 24.4 Å². The second kappa shape index (κ2) is 8.45. The predicted molar refractivity (Wildman–Crippen MR) is 102 cm³/mol. The first-order valence-electron chi connectivity index (χ1n) is 8.30. The fraction of sp³-hybridized carbons (Fsp3) is 0.0952. The highest BCUT2D eigenvalue weighted by atomic mass is 16.1. The highest BCUT2D eigenvalue weighted by molar-refractivity contribution is 5.90. The molecule has 0 aliphatic rings. The fourth-order valence-corrected chi connectivity index (χ4v) is 2.50. The molecular weight excluding hydrogens is 324 g/mol. The number of amides is 1. The zero-order chi connectivity index (χ0) is 18.2. The van der Waals surface area contributed by atoms with Gasteiger partial charge in [0.1, 0.15) is 11.9 Å². The van der Waals surface area contributed by atoms with Crippen molar-refractivity contribution in [2.24, 2.45) is 0 Å². The van der Waals surface area contributed by atoms with Gasteiger partial charge in [0, 0.05) is 6.42 Å². The minimum atomic E-state index is -0.0498. The molecule has 0 spiro atoms. The van der Waals surface area contributed by atoms with Gasteiger partial charge in [0.25, 0.3) is 0 Å². The fourth-order valence-electron chi connectivity index (χ4n) is 2.50. The van der Waals surface area contributed by atoms with Crippen LogP contribution < -0.4 is 10.6 Å².